The minimum atomic E-state index is -1.03. The highest BCUT2D eigenvalue weighted by atomic mass is 16.5. The molecule has 6 nitrogen and oxygen atoms in total. The summed E-state index contributed by atoms with van der Waals surface area (Å²) in [7, 11) is 0. The molecule has 0 saturated heterocycles. The zero-order chi connectivity index (χ0) is 37.5. The summed E-state index contributed by atoms with van der Waals surface area (Å²) in [4.78, 5) is 23.9. The maximum absolute atomic E-state index is 12.8. The molecule has 6 heteroatoms. The van der Waals surface area contributed by atoms with E-state index in [2.05, 4.69) is 39.8 Å². The maximum atomic E-state index is 12.8. The third kappa shape index (κ3) is 13.3. The molecule has 1 atom stereocenters. The molecule has 0 aliphatic heterocycles. The molecule has 1 unspecified atom stereocenters. The predicted molar refractivity (Wildman–Crippen MR) is 206 cm³/mol. The van der Waals surface area contributed by atoms with Gasteiger partial charge in [-0.3, -0.25) is 4.79 Å². The van der Waals surface area contributed by atoms with E-state index in [1.54, 1.807) is 0 Å². The highest BCUT2D eigenvalue weighted by Crippen LogP contribution is 2.41. The Morgan fingerprint density at radius 2 is 1.43 bits per heavy atom. The van der Waals surface area contributed by atoms with Gasteiger partial charge in [-0.2, -0.15) is 0 Å². The van der Waals surface area contributed by atoms with Crippen LogP contribution in [-0.4, -0.2) is 23.1 Å². The van der Waals surface area contributed by atoms with Crippen molar-refractivity contribution >= 4 is 11.9 Å². The van der Waals surface area contributed by atoms with E-state index in [1.807, 2.05) is 105 Å². The van der Waals surface area contributed by atoms with Crippen molar-refractivity contribution in [2.24, 2.45) is 11.1 Å². The zero-order valence-electron chi connectivity index (χ0n) is 32.3. The molecular weight excluding hydrogens is 610 g/mol. The van der Waals surface area contributed by atoms with Gasteiger partial charge in [0.05, 0.1) is 0 Å². The fourth-order valence-corrected chi connectivity index (χ4v) is 5.90. The van der Waals surface area contributed by atoms with Crippen molar-refractivity contribution < 1.29 is 24.2 Å². The third-order valence-electron chi connectivity index (χ3n) is 8.27. The average molecular weight is 672 g/mol. The number of carbonyl (C=O) groups is 2. The van der Waals surface area contributed by atoms with Crippen molar-refractivity contribution in [3.63, 3.8) is 0 Å². The van der Waals surface area contributed by atoms with Crippen LogP contribution in [0.5, 0.6) is 17.2 Å². The molecule has 0 bridgehead atoms. The van der Waals surface area contributed by atoms with E-state index in [4.69, 9.17) is 20.3 Å². The van der Waals surface area contributed by atoms with Gasteiger partial charge in [0, 0.05) is 6.08 Å². The number of hydrogen-bond acceptors (Lipinski definition) is 5. The van der Waals surface area contributed by atoms with Gasteiger partial charge in [0.1, 0.15) is 23.3 Å². The molecule has 0 heterocycles. The number of benzene rings is 2. The van der Waals surface area contributed by atoms with Gasteiger partial charge >= 0.3 is 11.9 Å². The van der Waals surface area contributed by atoms with Crippen LogP contribution in [0.4, 0.5) is 0 Å². The number of carboxylic acids is 1. The number of carboxylic acid groups (broad SMARTS) is 1. The number of hydrogen-bond donors (Lipinski definition) is 2. The van der Waals surface area contributed by atoms with Crippen molar-refractivity contribution in [3.8, 4) is 17.2 Å². The molecule has 49 heavy (non-hydrogen) atoms. The van der Waals surface area contributed by atoms with Gasteiger partial charge < -0.3 is 20.3 Å². The van der Waals surface area contributed by atoms with Crippen LogP contribution in [0.2, 0.25) is 0 Å². The van der Waals surface area contributed by atoms with Crippen LogP contribution in [0.3, 0.4) is 0 Å². The predicted octanol–water partition coefficient (Wildman–Crippen LogP) is 11.2. The molecule has 1 aliphatic rings. The summed E-state index contributed by atoms with van der Waals surface area (Å²) < 4.78 is 12.0. The van der Waals surface area contributed by atoms with Crippen molar-refractivity contribution in [1.29, 1.82) is 0 Å². The van der Waals surface area contributed by atoms with Gasteiger partial charge in [-0.05, 0) is 131 Å². The first-order chi connectivity index (χ1) is 23.1. The lowest BCUT2D eigenvalue weighted by atomic mass is 9.72. The number of ether oxygens (including phenoxy) is 2. The standard InChI is InChI=1S/C39H49NO5.2C2H6/c1-24(15-16-33-26(3)14-11-17-39(33,8)9)12-10-13-25(2)18-35(41)45-37-29(6)21-32(22-30(37)7)44-36-27(4)19-31(20-28(36)5)23-34(40)38(42)43;2*1-2/h10,12-13,15-16,18-22,34H,11,14,17,23,40H2,1-9H3,(H,42,43);2*1-2H3/b13-10+,16-15+,24-12+,25-18+;;. The lowest BCUT2D eigenvalue weighted by Crippen LogP contribution is -2.32. The van der Waals surface area contributed by atoms with Crippen LogP contribution in [0.1, 0.15) is 109 Å². The second kappa shape index (κ2) is 20.4. The molecule has 0 spiro atoms. The summed E-state index contributed by atoms with van der Waals surface area (Å²) in [6.45, 7) is 26.4. The summed E-state index contributed by atoms with van der Waals surface area (Å²) in [5.74, 6) is 0.346. The topological polar surface area (TPSA) is 98.9 Å². The average Bonchev–Trinajstić information content (AvgIpc) is 3.02. The van der Waals surface area contributed by atoms with E-state index in [-0.39, 0.29) is 11.8 Å². The molecule has 3 rings (SSSR count). The third-order valence-corrected chi connectivity index (χ3v) is 8.27. The van der Waals surface area contributed by atoms with Crippen molar-refractivity contribution in [2.75, 3.05) is 0 Å². The number of nitrogens with two attached hydrogens (primary N) is 1. The van der Waals surface area contributed by atoms with Crippen LogP contribution in [0, 0.1) is 33.1 Å². The summed E-state index contributed by atoms with van der Waals surface area (Å²) in [6, 6.07) is 6.52. The molecule has 2 aromatic rings. The van der Waals surface area contributed by atoms with Gasteiger partial charge in [0.15, 0.2) is 0 Å². The van der Waals surface area contributed by atoms with E-state index < -0.39 is 18.0 Å². The number of carbonyl (C=O) groups excluding carboxylic acids is 1. The number of esters is 1. The molecule has 2 aromatic carbocycles. The molecule has 1 aliphatic carbocycles. The Balaban J connectivity index is 0.00000289. The first kappa shape index (κ1) is 42.9. The fourth-order valence-electron chi connectivity index (χ4n) is 5.90. The minimum absolute atomic E-state index is 0.213. The molecule has 268 valence electrons. The first-order valence-corrected chi connectivity index (χ1v) is 17.6. The van der Waals surface area contributed by atoms with Crippen LogP contribution >= 0.6 is 0 Å². The normalized spacial score (nSPS) is 15.3. The summed E-state index contributed by atoms with van der Waals surface area (Å²) in [5.41, 5.74) is 14.9. The summed E-state index contributed by atoms with van der Waals surface area (Å²) >= 11 is 0. The number of allylic oxidation sites excluding steroid dienone is 9. The Labute approximate surface area is 296 Å². The minimum Gasteiger partial charge on any atom is -0.480 e. The smallest absolute Gasteiger partial charge is 0.336 e. The summed E-state index contributed by atoms with van der Waals surface area (Å²) in [6.07, 6.45) is 15.7. The van der Waals surface area contributed by atoms with E-state index in [0.717, 1.165) is 39.0 Å². The maximum Gasteiger partial charge on any atom is 0.336 e. The molecule has 0 radical (unpaired) electrons. The highest BCUT2D eigenvalue weighted by Gasteiger charge is 2.26. The largest absolute Gasteiger partial charge is 0.480 e. The Morgan fingerprint density at radius 1 is 0.878 bits per heavy atom. The van der Waals surface area contributed by atoms with Gasteiger partial charge in [-0.25, -0.2) is 4.79 Å². The molecular formula is C43H61NO5. The van der Waals surface area contributed by atoms with Crippen molar-refractivity contribution in [3.05, 3.63) is 111 Å². The van der Waals surface area contributed by atoms with Crippen LogP contribution in [0.25, 0.3) is 0 Å². The van der Waals surface area contributed by atoms with Crippen LogP contribution in [-0.2, 0) is 16.0 Å². The van der Waals surface area contributed by atoms with E-state index in [0.29, 0.717) is 17.2 Å². The van der Waals surface area contributed by atoms with Crippen LogP contribution < -0.4 is 15.2 Å². The number of aryl methyl sites for hydroxylation is 4. The van der Waals surface area contributed by atoms with Gasteiger partial charge in [0.25, 0.3) is 0 Å². The van der Waals surface area contributed by atoms with E-state index in [1.165, 1.54) is 36.5 Å². The SMILES string of the molecule is CC.CC.CC1=C(/C=C/C(C)=C/C=C/C(C)=C/C(=O)Oc2c(C)cc(Oc3c(C)cc(CC(N)C(=O)O)cc3C)cc2C)C(C)(C)CCC1. The number of aliphatic carboxylic acids is 1. The second-order valence-corrected chi connectivity index (χ2v) is 13.0. The van der Waals surface area contributed by atoms with Crippen molar-refractivity contribution in [1.82, 2.24) is 0 Å². The lowest BCUT2D eigenvalue weighted by Gasteiger charge is -2.32. The highest BCUT2D eigenvalue weighted by molar-refractivity contribution is 5.85. The number of rotatable bonds is 11. The van der Waals surface area contributed by atoms with Gasteiger partial charge in [-0.1, -0.05) is 95.2 Å². The summed E-state index contributed by atoms with van der Waals surface area (Å²) in [5, 5.41) is 9.13. The fraction of sp³-hybridized carbons (Fsp3) is 0.442. The van der Waals surface area contributed by atoms with Gasteiger partial charge in [0.2, 0.25) is 0 Å². The zero-order valence-corrected chi connectivity index (χ0v) is 32.3. The molecule has 0 fully saturated rings. The Morgan fingerprint density at radius 3 is 1.96 bits per heavy atom. The molecule has 0 aromatic heterocycles. The Kier molecular flexibility index (Phi) is 17.8. The van der Waals surface area contributed by atoms with Crippen molar-refractivity contribution in [2.45, 2.75) is 122 Å². The quantitative estimate of drug-likeness (QED) is 0.107. The molecule has 3 N–H and O–H groups in total. The van der Waals surface area contributed by atoms with E-state index in [9.17, 15) is 9.59 Å². The van der Waals surface area contributed by atoms with Gasteiger partial charge in [-0.15, -0.1) is 0 Å². The first-order valence-electron chi connectivity index (χ1n) is 17.6. The monoisotopic (exact) mass is 671 g/mol. The molecule has 0 amide bonds. The second-order valence-electron chi connectivity index (χ2n) is 13.0. The van der Waals surface area contributed by atoms with E-state index >= 15 is 0 Å². The molecule has 0 saturated carbocycles. The van der Waals surface area contributed by atoms with Crippen LogP contribution in [0.15, 0.2) is 83.0 Å². The Hall–Kier alpha value is -4.16. The Bertz CT molecular complexity index is 1550. The lowest BCUT2D eigenvalue weighted by molar-refractivity contribution is -0.138.